The molecule has 1 aliphatic rings. The van der Waals surface area contributed by atoms with E-state index in [4.69, 9.17) is 4.74 Å². The summed E-state index contributed by atoms with van der Waals surface area (Å²) in [7, 11) is 1.64. The molecule has 22 heavy (non-hydrogen) atoms. The van der Waals surface area contributed by atoms with Crippen LogP contribution in [0, 0.1) is 0 Å². The Morgan fingerprint density at radius 1 is 1.23 bits per heavy atom. The summed E-state index contributed by atoms with van der Waals surface area (Å²) in [5, 5.41) is 2.92. The van der Waals surface area contributed by atoms with Crippen molar-refractivity contribution < 1.29 is 14.3 Å². The minimum Gasteiger partial charge on any atom is -0.497 e. The molecule has 5 nitrogen and oxygen atoms in total. The van der Waals surface area contributed by atoms with E-state index < -0.39 is 0 Å². The number of nitrogens with zero attached hydrogens (tertiary/aromatic N) is 1. The van der Waals surface area contributed by atoms with Gasteiger partial charge in [0.25, 0.3) is 0 Å². The number of benzene rings is 1. The quantitative estimate of drug-likeness (QED) is 0.901. The van der Waals surface area contributed by atoms with Crippen molar-refractivity contribution in [2.45, 2.75) is 38.6 Å². The number of carbonyl (C=O) groups excluding carboxylic acids is 2. The standard InChI is InChI=1S/C17H24N2O3/c1-13(20)18-15-9-11-19(12-10-15)17(21)8-5-14-3-6-16(22-2)7-4-14/h3-4,6-7,15H,5,8-12H2,1-2H3,(H,18,20). The van der Waals surface area contributed by atoms with Crippen molar-refractivity contribution in [1.29, 1.82) is 0 Å². The van der Waals surface area contributed by atoms with Crippen molar-refractivity contribution in [1.82, 2.24) is 10.2 Å². The van der Waals surface area contributed by atoms with Crippen LogP contribution in [0.25, 0.3) is 0 Å². The Labute approximate surface area is 131 Å². The third-order valence-corrected chi connectivity index (χ3v) is 4.04. The van der Waals surface area contributed by atoms with Gasteiger partial charge in [-0.05, 0) is 37.0 Å². The number of likely N-dealkylation sites (tertiary alicyclic amines) is 1. The molecule has 0 saturated carbocycles. The number of amides is 2. The van der Waals surface area contributed by atoms with Gasteiger partial charge in [0, 0.05) is 32.5 Å². The van der Waals surface area contributed by atoms with Gasteiger partial charge in [0.15, 0.2) is 0 Å². The lowest BCUT2D eigenvalue weighted by Crippen LogP contribution is -2.46. The number of aryl methyl sites for hydroxylation is 1. The summed E-state index contributed by atoms with van der Waals surface area (Å²) >= 11 is 0. The second-order valence-corrected chi connectivity index (χ2v) is 5.70. The minimum atomic E-state index is 0.00397. The number of ether oxygens (including phenoxy) is 1. The van der Waals surface area contributed by atoms with Crippen LogP contribution in [-0.4, -0.2) is 43.0 Å². The molecule has 0 unspecified atom stereocenters. The highest BCUT2D eigenvalue weighted by atomic mass is 16.5. The van der Waals surface area contributed by atoms with Crippen LogP contribution in [0.15, 0.2) is 24.3 Å². The SMILES string of the molecule is COc1ccc(CCC(=O)N2CCC(NC(C)=O)CC2)cc1. The summed E-state index contributed by atoms with van der Waals surface area (Å²) in [6.45, 7) is 2.99. The molecule has 0 bridgehead atoms. The van der Waals surface area contributed by atoms with Crippen molar-refractivity contribution in [2.24, 2.45) is 0 Å². The van der Waals surface area contributed by atoms with Gasteiger partial charge >= 0.3 is 0 Å². The zero-order valence-corrected chi connectivity index (χ0v) is 13.3. The minimum absolute atomic E-state index is 0.00397. The van der Waals surface area contributed by atoms with Gasteiger partial charge in [-0.3, -0.25) is 9.59 Å². The van der Waals surface area contributed by atoms with Gasteiger partial charge in [-0.15, -0.1) is 0 Å². The van der Waals surface area contributed by atoms with Crippen molar-refractivity contribution >= 4 is 11.8 Å². The highest BCUT2D eigenvalue weighted by Gasteiger charge is 2.22. The largest absolute Gasteiger partial charge is 0.497 e. The van der Waals surface area contributed by atoms with Gasteiger partial charge in [-0.2, -0.15) is 0 Å². The van der Waals surface area contributed by atoms with Crippen molar-refractivity contribution in [3.8, 4) is 5.75 Å². The van der Waals surface area contributed by atoms with Crippen molar-refractivity contribution in [3.63, 3.8) is 0 Å². The van der Waals surface area contributed by atoms with E-state index in [2.05, 4.69) is 5.32 Å². The van der Waals surface area contributed by atoms with E-state index in [0.717, 1.165) is 43.7 Å². The Morgan fingerprint density at radius 2 is 1.86 bits per heavy atom. The molecule has 1 heterocycles. The molecule has 2 amide bonds. The monoisotopic (exact) mass is 304 g/mol. The smallest absolute Gasteiger partial charge is 0.222 e. The number of hydrogen-bond acceptors (Lipinski definition) is 3. The van der Waals surface area contributed by atoms with E-state index in [1.807, 2.05) is 29.2 Å². The lowest BCUT2D eigenvalue weighted by molar-refractivity contribution is -0.132. The zero-order chi connectivity index (χ0) is 15.9. The Kier molecular flexibility index (Phi) is 5.81. The molecule has 0 aromatic heterocycles. The third-order valence-electron chi connectivity index (χ3n) is 4.04. The molecule has 5 heteroatoms. The van der Waals surface area contributed by atoms with Gasteiger partial charge in [-0.1, -0.05) is 12.1 Å². The molecule has 0 atom stereocenters. The number of nitrogens with one attached hydrogen (secondary N) is 1. The van der Waals surface area contributed by atoms with Gasteiger partial charge in [-0.25, -0.2) is 0 Å². The molecule has 1 aromatic rings. The predicted molar refractivity (Wildman–Crippen MR) is 84.7 cm³/mol. The number of carbonyl (C=O) groups is 2. The van der Waals surface area contributed by atoms with E-state index in [-0.39, 0.29) is 17.9 Å². The van der Waals surface area contributed by atoms with E-state index >= 15 is 0 Å². The summed E-state index contributed by atoms with van der Waals surface area (Å²) in [5.74, 6) is 1.02. The molecule has 120 valence electrons. The molecular weight excluding hydrogens is 280 g/mol. The average molecular weight is 304 g/mol. The third kappa shape index (κ3) is 4.76. The molecule has 0 spiro atoms. The van der Waals surface area contributed by atoms with E-state index in [1.165, 1.54) is 6.92 Å². The summed E-state index contributed by atoms with van der Waals surface area (Å²) in [5.41, 5.74) is 1.14. The molecule has 0 aliphatic carbocycles. The predicted octanol–water partition coefficient (Wildman–Crippen LogP) is 1.75. The first kappa shape index (κ1) is 16.3. The molecule has 0 radical (unpaired) electrons. The number of hydrogen-bond donors (Lipinski definition) is 1. The highest BCUT2D eigenvalue weighted by Crippen LogP contribution is 2.15. The fourth-order valence-electron chi connectivity index (χ4n) is 2.76. The first-order chi connectivity index (χ1) is 10.6. The maximum atomic E-state index is 12.2. The highest BCUT2D eigenvalue weighted by molar-refractivity contribution is 5.76. The number of methoxy groups -OCH3 is 1. The van der Waals surface area contributed by atoms with Crippen molar-refractivity contribution in [2.75, 3.05) is 20.2 Å². The van der Waals surface area contributed by atoms with Gasteiger partial charge < -0.3 is 15.0 Å². The maximum Gasteiger partial charge on any atom is 0.222 e. The average Bonchev–Trinajstić information content (AvgIpc) is 2.53. The maximum absolute atomic E-state index is 12.2. The van der Waals surface area contributed by atoms with Gasteiger partial charge in [0.1, 0.15) is 5.75 Å². The number of piperidine rings is 1. The summed E-state index contributed by atoms with van der Waals surface area (Å²) < 4.78 is 5.12. The van der Waals surface area contributed by atoms with Crippen LogP contribution < -0.4 is 10.1 Å². The van der Waals surface area contributed by atoms with Crippen LogP contribution >= 0.6 is 0 Å². The van der Waals surface area contributed by atoms with Crippen molar-refractivity contribution in [3.05, 3.63) is 29.8 Å². The van der Waals surface area contributed by atoms with Crippen LogP contribution in [0.4, 0.5) is 0 Å². The van der Waals surface area contributed by atoms with E-state index in [9.17, 15) is 9.59 Å². The molecule has 1 aliphatic heterocycles. The van der Waals surface area contributed by atoms with E-state index in [0.29, 0.717) is 6.42 Å². The summed E-state index contributed by atoms with van der Waals surface area (Å²) in [6, 6.07) is 8.03. The molecule has 1 aromatic carbocycles. The van der Waals surface area contributed by atoms with Crippen LogP contribution in [0.3, 0.4) is 0 Å². The molecule has 1 saturated heterocycles. The van der Waals surface area contributed by atoms with Gasteiger partial charge in [0.2, 0.25) is 11.8 Å². The summed E-state index contributed by atoms with van der Waals surface area (Å²) in [6.07, 6.45) is 2.95. The topological polar surface area (TPSA) is 58.6 Å². The second-order valence-electron chi connectivity index (χ2n) is 5.70. The Bertz CT molecular complexity index is 505. The lowest BCUT2D eigenvalue weighted by atomic mass is 10.0. The Morgan fingerprint density at radius 3 is 2.41 bits per heavy atom. The first-order valence-corrected chi connectivity index (χ1v) is 7.76. The molecule has 1 fully saturated rings. The van der Waals surface area contributed by atoms with Crippen LogP contribution in [0.1, 0.15) is 31.7 Å². The molecular formula is C17H24N2O3. The second kappa shape index (κ2) is 7.82. The first-order valence-electron chi connectivity index (χ1n) is 7.76. The number of rotatable bonds is 5. The van der Waals surface area contributed by atoms with Crippen LogP contribution in [0.5, 0.6) is 5.75 Å². The fourth-order valence-corrected chi connectivity index (χ4v) is 2.76. The molecule has 1 N–H and O–H groups in total. The summed E-state index contributed by atoms with van der Waals surface area (Å²) in [4.78, 5) is 25.2. The fraction of sp³-hybridized carbons (Fsp3) is 0.529. The zero-order valence-electron chi connectivity index (χ0n) is 13.3. The lowest BCUT2D eigenvalue weighted by Gasteiger charge is -2.32. The van der Waals surface area contributed by atoms with Crippen LogP contribution in [-0.2, 0) is 16.0 Å². The van der Waals surface area contributed by atoms with Gasteiger partial charge in [0.05, 0.1) is 7.11 Å². The Balaban J connectivity index is 1.74. The van der Waals surface area contributed by atoms with E-state index in [1.54, 1.807) is 7.11 Å². The normalized spacial score (nSPS) is 15.5. The molecule has 2 rings (SSSR count). The van der Waals surface area contributed by atoms with Crippen LogP contribution in [0.2, 0.25) is 0 Å². The Hall–Kier alpha value is -2.04.